The van der Waals surface area contributed by atoms with Gasteiger partial charge in [-0.25, -0.2) is 0 Å². The van der Waals surface area contributed by atoms with Crippen LogP contribution in [0.4, 0.5) is 0 Å². The van der Waals surface area contributed by atoms with E-state index in [1.54, 1.807) is 0 Å². The molecule has 1 nitrogen and oxygen atoms in total. The molecule has 238 valence electrons. The number of hydrogen-bond acceptors (Lipinski definition) is 2. The topological polar surface area (TPSA) is 13.1 Å². The third-order valence-corrected chi connectivity index (χ3v) is 12.2. The Balaban J connectivity index is 1.14. The summed E-state index contributed by atoms with van der Waals surface area (Å²) in [5, 5.41) is 4.94. The molecule has 51 heavy (non-hydrogen) atoms. The van der Waals surface area contributed by atoms with Crippen LogP contribution in [-0.4, -0.2) is 0 Å². The Morgan fingerprint density at radius 3 is 1.80 bits per heavy atom. The van der Waals surface area contributed by atoms with Crippen LogP contribution in [0, 0.1) is 0 Å². The Bertz CT molecular complexity index is 2930. The van der Waals surface area contributed by atoms with Crippen molar-refractivity contribution < 1.29 is 4.42 Å². The SMILES string of the molecule is c1cc(-c2cccc3c2oc2ccccc23)cc(C2(c3ccc(-c4cccc5c4sc4ccccc45)cc3)c3ccccc3-c3ccccc32)c1. The van der Waals surface area contributed by atoms with Crippen LogP contribution in [-0.2, 0) is 5.41 Å². The van der Waals surface area contributed by atoms with Gasteiger partial charge in [0.2, 0.25) is 0 Å². The Labute approximate surface area is 299 Å². The summed E-state index contributed by atoms with van der Waals surface area (Å²) >= 11 is 1.88. The highest BCUT2D eigenvalue weighted by atomic mass is 32.1. The van der Waals surface area contributed by atoms with Gasteiger partial charge < -0.3 is 4.42 Å². The number of fused-ring (bicyclic) bond motifs is 9. The summed E-state index contributed by atoms with van der Waals surface area (Å²) in [5.41, 5.74) is 13.8. The molecule has 1 aliphatic rings. The highest BCUT2D eigenvalue weighted by molar-refractivity contribution is 7.26. The van der Waals surface area contributed by atoms with E-state index in [-0.39, 0.29) is 0 Å². The van der Waals surface area contributed by atoms with Gasteiger partial charge >= 0.3 is 0 Å². The third-order valence-electron chi connectivity index (χ3n) is 11.0. The quantitative estimate of drug-likeness (QED) is 0.182. The maximum atomic E-state index is 6.53. The van der Waals surface area contributed by atoms with Crippen molar-refractivity contribution >= 4 is 53.4 Å². The predicted molar refractivity (Wildman–Crippen MR) is 215 cm³/mol. The third kappa shape index (κ3) is 4.03. The van der Waals surface area contributed by atoms with Crippen molar-refractivity contribution in [1.82, 2.24) is 0 Å². The normalized spacial score (nSPS) is 13.3. The molecule has 0 aliphatic heterocycles. The first-order chi connectivity index (χ1) is 25.3. The molecule has 8 aromatic carbocycles. The first kappa shape index (κ1) is 28.6. The van der Waals surface area contributed by atoms with Crippen molar-refractivity contribution in [3.05, 3.63) is 204 Å². The fourth-order valence-electron chi connectivity index (χ4n) is 8.79. The molecule has 2 aromatic heterocycles. The Kier molecular flexibility index (Phi) is 6.11. The van der Waals surface area contributed by atoms with Crippen LogP contribution in [0.1, 0.15) is 22.3 Å². The average Bonchev–Trinajstić information content (AvgIpc) is 3.87. The smallest absolute Gasteiger partial charge is 0.143 e. The molecule has 1 aliphatic carbocycles. The molecule has 0 N–H and O–H groups in total. The highest BCUT2D eigenvalue weighted by Crippen LogP contribution is 2.56. The van der Waals surface area contributed by atoms with Crippen LogP contribution in [0.15, 0.2) is 186 Å². The van der Waals surface area contributed by atoms with Crippen molar-refractivity contribution in [1.29, 1.82) is 0 Å². The first-order valence-electron chi connectivity index (χ1n) is 17.5. The minimum absolute atomic E-state index is 0.507. The van der Waals surface area contributed by atoms with E-state index in [2.05, 4.69) is 176 Å². The van der Waals surface area contributed by atoms with Crippen LogP contribution in [0.25, 0.3) is 75.5 Å². The second-order valence-corrected chi connectivity index (χ2v) is 14.6. The predicted octanol–water partition coefficient (Wildman–Crippen LogP) is 13.7. The van der Waals surface area contributed by atoms with E-state index < -0.39 is 5.41 Å². The van der Waals surface area contributed by atoms with Gasteiger partial charge in [0.05, 0.1) is 5.41 Å². The van der Waals surface area contributed by atoms with E-state index in [4.69, 9.17) is 4.42 Å². The van der Waals surface area contributed by atoms with E-state index in [0.29, 0.717) is 0 Å². The molecular weight excluding hydrogens is 637 g/mol. The lowest BCUT2D eigenvalue weighted by molar-refractivity contribution is 0.670. The van der Waals surface area contributed by atoms with Crippen LogP contribution in [0.5, 0.6) is 0 Å². The molecule has 11 rings (SSSR count). The molecule has 0 bridgehead atoms. The molecule has 0 unspecified atom stereocenters. The highest BCUT2D eigenvalue weighted by Gasteiger charge is 2.46. The molecule has 0 fully saturated rings. The van der Waals surface area contributed by atoms with Crippen molar-refractivity contribution in [3.63, 3.8) is 0 Å². The molecular formula is C49H30OS. The molecule has 2 heterocycles. The zero-order valence-electron chi connectivity index (χ0n) is 27.6. The van der Waals surface area contributed by atoms with Gasteiger partial charge in [0.1, 0.15) is 11.2 Å². The minimum atomic E-state index is -0.507. The summed E-state index contributed by atoms with van der Waals surface area (Å²) in [5.74, 6) is 0. The number of rotatable bonds is 4. The lowest BCUT2D eigenvalue weighted by Gasteiger charge is -2.34. The van der Waals surface area contributed by atoms with Crippen molar-refractivity contribution in [3.8, 4) is 33.4 Å². The van der Waals surface area contributed by atoms with E-state index in [1.165, 1.54) is 64.7 Å². The van der Waals surface area contributed by atoms with E-state index >= 15 is 0 Å². The first-order valence-corrected chi connectivity index (χ1v) is 18.3. The van der Waals surface area contributed by atoms with Gasteiger partial charge in [-0.2, -0.15) is 0 Å². The molecule has 0 radical (unpaired) electrons. The zero-order chi connectivity index (χ0) is 33.5. The Morgan fingerprint density at radius 1 is 0.392 bits per heavy atom. The monoisotopic (exact) mass is 666 g/mol. The second kappa shape index (κ2) is 10.9. The van der Waals surface area contributed by atoms with Gasteiger partial charge in [-0.1, -0.05) is 164 Å². The summed E-state index contributed by atoms with van der Waals surface area (Å²) < 4.78 is 9.20. The zero-order valence-corrected chi connectivity index (χ0v) is 28.5. The summed E-state index contributed by atoms with van der Waals surface area (Å²) in [7, 11) is 0. The maximum Gasteiger partial charge on any atom is 0.143 e. The van der Waals surface area contributed by atoms with Crippen LogP contribution in [0.2, 0.25) is 0 Å². The molecule has 0 saturated heterocycles. The number of benzene rings is 8. The van der Waals surface area contributed by atoms with Gasteiger partial charge in [0.15, 0.2) is 0 Å². The van der Waals surface area contributed by atoms with Crippen LogP contribution >= 0.6 is 11.3 Å². The van der Waals surface area contributed by atoms with Gasteiger partial charge in [-0.3, -0.25) is 0 Å². The van der Waals surface area contributed by atoms with E-state index in [0.717, 1.165) is 33.1 Å². The summed E-state index contributed by atoms with van der Waals surface area (Å²) in [4.78, 5) is 0. The Morgan fingerprint density at radius 2 is 1.00 bits per heavy atom. The van der Waals surface area contributed by atoms with Gasteiger partial charge in [-0.05, 0) is 68.3 Å². The van der Waals surface area contributed by atoms with Crippen molar-refractivity contribution in [2.45, 2.75) is 5.41 Å². The summed E-state index contributed by atoms with van der Waals surface area (Å²) in [6, 6.07) is 66.8. The lowest BCUT2D eigenvalue weighted by atomic mass is 9.67. The number of para-hydroxylation sites is 2. The van der Waals surface area contributed by atoms with Gasteiger partial charge in [-0.15, -0.1) is 11.3 Å². The van der Waals surface area contributed by atoms with Gasteiger partial charge in [0, 0.05) is 36.5 Å². The fraction of sp³-hybridized carbons (Fsp3) is 0.0204. The second-order valence-electron chi connectivity index (χ2n) is 13.6. The number of hydrogen-bond donors (Lipinski definition) is 0. The van der Waals surface area contributed by atoms with Crippen LogP contribution < -0.4 is 0 Å². The molecule has 10 aromatic rings. The summed E-state index contributed by atoms with van der Waals surface area (Å²) in [6.45, 7) is 0. The Hall–Kier alpha value is -6.22. The summed E-state index contributed by atoms with van der Waals surface area (Å²) in [6.07, 6.45) is 0. The van der Waals surface area contributed by atoms with E-state index in [9.17, 15) is 0 Å². The minimum Gasteiger partial charge on any atom is -0.455 e. The molecule has 0 atom stereocenters. The molecule has 2 heteroatoms. The fourth-order valence-corrected chi connectivity index (χ4v) is 10.0. The molecule has 0 spiro atoms. The van der Waals surface area contributed by atoms with E-state index in [1.807, 2.05) is 17.4 Å². The average molecular weight is 667 g/mol. The maximum absolute atomic E-state index is 6.53. The number of furan rings is 1. The van der Waals surface area contributed by atoms with Crippen molar-refractivity contribution in [2.75, 3.05) is 0 Å². The van der Waals surface area contributed by atoms with Gasteiger partial charge in [0.25, 0.3) is 0 Å². The van der Waals surface area contributed by atoms with Crippen molar-refractivity contribution in [2.24, 2.45) is 0 Å². The molecule has 0 amide bonds. The standard InChI is InChI=1S/C49H30OS/c1-5-22-43-37(14-1)38-15-2-6-23-44(38)49(43,33-28-26-31(27-29-33)36-19-11-21-42-40-17-4-8-25-46(40)51-48(36)42)34-13-9-12-32(30-34)35-18-10-20-41-39-16-3-7-24-45(39)50-47(35)41/h1-30H. The number of thiophene rings is 1. The van der Waals surface area contributed by atoms with Crippen LogP contribution in [0.3, 0.4) is 0 Å². The largest absolute Gasteiger partial charge is 0.455 e. The lowest BCUT2D eigenvalue weighted by Crippen LogP contribution is -2.28. The molecule has 0 saturated carbocycles.